The first kappa shape index (κ1) is 22.6. The molecule has 29 heavy (non-hydrogen) atoms. The zero-order valence-corrected chi connectivity index (χ0v) is 16.3. The molecule has 1 heterocycles. The molecule has 0 fully saturated rings. The number of aromatic nitrogens is 1. The Morgan fingerprint density at radius 3 is 2.03 bits per heavy atom. The number of para-hydroxylation sites is 1. The molecular weight excluding hydrogens is 435 g/mol. The van der Waals surface area contributed by atoms with Gasteiger partial charge in [0.15, 0.2) is 0 Å². The van der Waals surface area contributed by atoms with Crippen LogP contribution in [0.25, 0.3) is 22.0 Å². The zero-order valence-electron chi connectivity index (χ0n) is 14.7. The second-order valence-corrected chi connectivity index (χ2v) is 8.63. The molecule has 2 aromatic carbocycles. The molecule has 0 aliphatic rings. The smallest absolute Gasteiger partial charge is 0.376 e. The third-order valence-corrected chi connectivity index (χ3v) is 4.27. The van der Waals surface area contributed by atoms with Crippen LogP contribution in [0.1, 0.15) is 0 Å². The average molecular weight is 449 g/mol. The lowest BCUT2D eigenvalue weighted by Gasteiger charge is -2.10. The molecule has 3 rings (SSSR count). The number of halogens is 3. The fraction of sp³-hybridized carbons (Fsp3) is 0.118. The van der Waals surface area contributed by atoms with E-state index in [2.05, 4.69) is 9.17 Å². The van der Waals surface area contributed by atoms with E-state index in [0.717, 1.165) is 16.5 Å². The molecule has 156 valence electrons. The highest BCUT2D eigenvalue weighted by molar-refractivity contribution is 7.88. The van der Waals surface area contributed by atoms with E-state index in [-0.39, 0.29) is 0 Å². The first-order chi connectivity index (χ1) is 13.3. The first-order valence-electron chi connectivity index (χ1n) is 7.65. The van der Waals surface area contributed by atoms with Gasteiger partial charge < -0.3 is 4.18 Å². The van der Waals surface area contributed by atoms with Crippen molar-refractivity contribution in [3.63, 3.8) is 0 Å². The van der Waals surface area contributed by atoms with Crippen LogP contribution in [0, 0.1) is 0 Å². The van der Waals surface area contributed by atoms with Crippen LogP contribution in [0.2, 0.25) is 0 Å². The summed E-state index contributed by atoms with van der Waals surface area (Å²) in [7, 11) is -9.34. The monoisotopic (exact) mass is 449 g/mol. The Morgan fingerprint density at radius 2 is 1.48 bits per heavy atom. The molecule has 0 radical (unpaired) electrons. The van der Waals surface area contributed by atoms with Crippen molar-refractivity contribution in [2.24, 2.45) is 0 Å². The second kappa shape index (κ2) is 8.35. The topological polar surface area (TPSA) is 111 Å². The van der Waals surface area contributed by atoms with Gasteiger partial charge in [-0.05, 0) is 23.8 Å². The van der Waals surface area contributed by atoms with Crippen LogP contribution in [0.15, 0.2) is 60.8 Å². The molecule has 0 bridgehead atoms. The largest absolute Gasteiger partial charge is 0.534 e. The quantitative estimate of drug-likeness (QED) is 0.369. The zero-order chi connectivity index (χ0) is 21.9. The summed E-state index contributed by atoms with van der Waals surface area (Å²) in [5.74, 6) is -0.413. The number of fused-ring (bicyclic) bond motifs is 1. The molecule has 1 aromatic heterocycles. The van der Waals surface area contributed by atoms with Gasteiger partial charge in [0.05, 0.1) is 11.8 Å². The highest BCUT2D eigenvalue weighted by Gasteiger charge is 2.48. The molecule has 0 saturated heterocycles. The summed E-state index contributed by atoms with van der Waals surface area (Å²) in [5.41, 5.74) is -3.28. The van der Waals surface area contributed by atoms with Crippen LogP contribution in [0.4, 0.5) is 13.2 Å². The Bertz CT molecular complexity index is 1190. The maximum absolute atomic E-state index is 12.3. The van der Waals surface area contributed by atoms with Gasteiger partial charge in [-0.25, -0.2) is 0 Å². The molecular formula is C17H14F3NO6S2. The van der Waals surface area contributed by atoms with Crippen LogP contribution < -0.4 is 4.18 Å². The normalized spacial score (nSPS) is 12.2. The van der Waals surface area contributed by atoms with E-state index in [9.17, 15) is 30.0 Å². The summed E-state index contributed by atoms with van der Waals surface area (Å²) in [6.07, 6.45) is 2.35. The molecule has 12 heteroatoms. The lowest BCUT2D eigenvalue weighted by molar-refractivity contribution is -0.0500. The summed E-state index contributed by atoms with van der Waals surface area (Å²) >= 11 is 0. The van der Waals surface area contributed by atoms with Crippen molar-refractivity contribution in [2.45, 2.75) is 5.51 Å². The molecule has 0 atom stereocenters. The second-order valence-electron chi connectivity index (χ2n) is 5.62. The minimum Gasteiger partial charge on any atom is -0.376 e. The minimum atomic E-state index is -5.68. The predicted octanol–water partition coefficient (Wildman–Crippen LogP) is 3.63. The maximum Gasteiger partial charge on any atom is 0.534 e. The summed E-state index contributed by atoms with van der Waals surface area (Å²) in [5, 5.41) is 0.912. The Labute approximate surface area is 164 Å². The fourth-order valence-electron chi connectivity index (χ4n) is 2.20. The number of rotatable bonds is 3. The Balaban J connectivity index is 0.000000537. The van der Waals surface area contributed by atoms with E-state index in [1.165, 1.54) is 24.3 Å². The van der Waals surface area contributed by atoms with E-state index in [1.54, 1.807) is 12.3 Å². The van der Waals surface area contributed by atoms with Crippen molar-refractivity contribution in [2.75, 3.05) is 6.26 Å². The minimum absolute atomic E-state index is 0.413. The average Bonchev–Trinajstić information content (AvgIpc) is 2.59. The molecule has 0 unspecified atom stereocenters. The van der Waals surface area contributed by atoms with Gasteiger partial charge in [0, 0.05) is 17.1 Å². The molecule has 7 nitrogen and oxygen atoms in total. The van der Waals surface area contributed by atoms with E-state index in [1.807, 2.05) is 24.3 Å². The van der Waals surface area contributed by atoms with Gasteiger partial charge in [-0.3, -0.25) is 9.54 Å². The molecule has 0 saturated carbocycles. The molecule has 1 N–H and O–H groups in total. The van der Waals surface area contributed by atoms with Crippen LogP contribution in [-0.2, 0) is 20.2 Å². The van der Waals surface area contributed by atoms with Gasteiger partial charge in [-0.1, -0.05) is 36.4 Å². The number of alkyl halides is 3. The van der Waals surface area contributed by atoms with Crippen molar-refractivity contribution >= 4 is 31.1 Å². The highest BCUT2D eigenvalue weighted by Crippen LogP contribution is 2.30. The van der Waals surface area contributed by atoms with Gasteiger partial charge >= 0.3 is 15.6 Å². The Hall–Kier alpha value is -2.70. The summed E-state index contributed by atoms with van der Waals surface area (Å²) in [6, 6.07) is 14.5. The molecule has 0 amide bonds. The van der Waals surface area contributed by atoms with Gasteiger partial charge in [0.25, 0.3) is 10.1 Å². The van der Waals surface area contributed by atoms with E-state index in [0.29, 0.717) is 11.8 Å². The lowest BCUT2D eigenvalue weighted by atomic mass is 10.0. The maximum atomic E-state index is 12.3. The fourth-order valence-corrected chi connectivity index (χ4v) is 2.66. The highest BCUT2D eigenvalue weighted by atomic mass is 32.2. The molecule has 0 spiro atoms. The van der Waals surface area contributed by atoms with Crippen molar-refractivity contribution in [3.8, 4) is 16.9 Å². The number of pyridine rings is 1. The van der Waals surface area contributed by atoms with E-state index in [4.69, 9.17) is 4.55 Å². The molecule has 0 aliphatic carbocycles. The van der Waals surface area contributed by atoms with Crippen molar-refractivity contribution in [1.82, 2.24) is 4.98 Å². The van der Waals surface area contributed by atoms with Crippen LogP contribution in [0.3, 0.4) is 0 Å². The standard InChI is InChI=1S/C16H10F3NO3S.CH4O3S/c17-16(18,19)24(21,22)23-13-8-6-11(7-9-13)14-5-1-3-12-4-2-10-20-15(12)14;1-5(2,3)4/h1-10H;1H3,(H,2,3,4). The van der Waals surface area contributed by atoms with Crippen molar-refractivity contribution in [3.05, 3.63) is 60.8 Å². The van der Waals surface area contributed by atoms with Crippen LogP contribution >= 0.6 is 0 Å². The van der Waals surface area contributed by atoms with Crippen LogP contribution in [0.5, 0.6) is 5.75 Å². The molecule has 3 aromatic rings. The summed E-state index contributed by atoms with van der Waals surface area (Å²) in [6.45, 7) is 0. The number of hydrogen-bond acceptors (Lipinski definition) is 6. The van der Waals surface area contributed by atoms with E-state index < -0.39 is 31.5 Å². The van der Waals surface area contributed by atoms with Gasteiger partial charge in [-0.15, -0.1) is 0 Å². The summed E-state index contributed by atoms with van der Waals surface area (Å²) in [4.78, 5) is 4.30. The number of hydrogen-bond donors (Lipinski definition) is 1. The van der Waals surface area contributed by atoms with Gasteiger partial charge in [0.2, 0.25) is 0 Å². The van der Waals surface area contributed by atoms with Crippen LogP contribution in [-0.4, -0.2) is 38.1 Å². The van der Waals surface area contributed by atoms with Crippen molar-refractivity contribution in [1.29, 1.82) is 0 Å². The van der Waals surface area contributed by atoms with Crippen molar-refractivity contribution < 1.29 is 38.7 Å². The lowest BCUT2D eigenvalue weighted by Crippen LogP contribution is -2.28. The SMILES string of the molecule is CS(=O)(=O)O.O=S(=O)(Oc1ccc(-c2cccc3cccnc23)cc1)C(F)(F)F. The van der Waals surface area contributed by atoms with Gasteiger partial charge in [0.1, 0.15) is 5.75 Å². The van der Waals surface area contributed by atoms with E-state index >= 15 is 0 Å². The third-order valence-electron chi connectivity index (χ3n) is 3.29. The third kappa shape index (κ3) is 6.41. The predicted molar refractivity (Wildman–Crippen MR) is 100 cm³/mol. The molecule has 0 aliphatic heterocycles. The number of nitrogens with zero attached hydrogens (tertiary/aromatic N) is 1. The Kier molecular flexibility index (Phi) is 6.50. The Morgan fingerprint density at radius 1 is 0.931 bits per heavy atom. The first-order valence-corrected chi connectivity index (χ1v) is 10.9. The summed E-state index contributed by atoms with van der Waals surface area (Å²) < 4.78 is 88.9. The van der Waals surface area contributed by atoms with Gasteiger partial charge in [-0.2, -0.15) is 30.0 Å². The number of benzene rings is 2.